The van der Waals surface area contributed by atoms with Crippen molar-refractivity contribution in [3.05, 3.63) is 0 Å². The fourth-order valence-corrected chi connectivity index (χ4v) is 1.77. The van der Waals surface area contributed by atoms with Crippen LogP contribution >= 0.6 is 0 Å². The third kappa shape index (κ3) is 6.09. The first-order valence-corrected chi connectivity index (χ1v) is 6.74. The summed E-state index contributed by atoms with van der Waals surface area (Å²) >= 11 is 0. The van der Waals surface area contributed by atoms with Crippen molar-refractivity contribution in [1.82, 2.24) is 10.2 Å². The summed E-state index contributed by atoms with van der Waals surface area (Å²) in [5.41, 5.74) is -0.620. The molecule has 2 fully saturated rings. The lowest BCUT2D eigenvalue weighted by Gasteiger charge is -2.23. The van der Waals surface area contributed by atoms with Gasteiger partial charge in [-0.2, -0.15) is 0 Å². The van der Waals surface area contributed by atoms with Gasteiger partial charge in [-0.1, -0.05) is 0 Å². The zero-order valence-electron chi connectivity index (χ0n) is 12.5. The Morgan fingerprint density at radius 3 is 2.14 bits per heavy atom. The number of carbonyl (C=O) groups excluding carboxylic acids is 3. The maximum atomic E-state index is 11.4. The predicted molar refractivity (Wildman–Crippen MR) is 72.2 cm³/mol. The Morgan fingerprint density at radius 1 is 1.24 bits per heavy atom. The van der Waals surface area contributed by atoms with Crippen LogP contribution < -0.4 is 5.32 Å². The van der Waals surface area contributed by atoms with Gasteiger partial charge >= 0.3 is 6.09 Å². The van der Waals surface area contributed by atoms with Crippen molar-refractivity contribution >= 4 is 17.9 Å². The van der Waals surface area contributed by atoms with E-state index in [0.29, 0.717) is 6.54 Å². The van der Waals surface area contributed by atoms with Crippen LogP contribution in [0.15, 0.2) is 0 Å². The monoisotopic (exact) mass is 302 g/mol. The highest BCUT2D eigenvalue weighted by Crippen LogP contribution is 2.16. The quantitative estimate of drug-likeness (QED) is 0.549. The van der Waals surface area contributed by atoms with Gasteiger partial charge in [0.25, 0.3) is 0 Å². The number of aliphatic hydroxyl groups excluding tert-OH is 2. The lowest BCUT2D eigenvalue weighted by molar-refractivity contribution is -0.127. The minimum Gasteiger partial charge on any atom is -0.443 e. The van der Waals surface area contributed by atoms with Gasteiger partial charge in [-0.05, 0) is 20.8 Å². The van der Waals surface area contributed by atoms with Gasteiger partial charge < -0.3 is 20.3 Å². The molecule has 2 atom stereocenters. The average Bonchev–Trinajstić information content (AvgIpc) is 2.83. The molecule has 2 saturated heterocycles. The zero-order chi connectivity index (χ0) is 16.2. The van der Waals surface area contributed by atoms with Gasteiger partial charge in [0.05, 0.1) is 31.6 Å². The lowest BCUT2D eigenvalue weighted by Crippen LogP contribution is -2.38. The largest absolute Gasteiger partial charge is 0.443 e. The summed E-state index contributed by atoms with van der Waals surface area (Å²) in [5, 5.41) is 20.2. The van der Waals surface area contributed by atoms with Crippen LogP contribution in [0.2, 0.25) is 0 Å². The Hall–Kier alpha value is -1.67. The lowest BCUT2D eigenvalue weighted by atomic mass is 10.2. The van der Waals surface area contributed by atoms with Crippen molar-refractivity contribution in [2.45, 2.75) is 51.4 Å². The van der Waals surface area contributed by atoms with Gasteiger partial charge in [-0.15, -0.1) is 0 Å². The van der Waals surface area contributed by atoms with Crippen molar-refractivity contribution in [3.63, 3.8) is 0 Å². The molecule has 0 aromatic rings. The van der Waals surface area contributed by atoms with Gasteiger partial charge in [0.1, 0.15) is 5.60 Å². The van der Waals surface area contributed by atoms with E-state index < -0.39 is 23.9 Å². The summed E-state index contributed by atoms with van der Waals surface area (Å²) in [4.78, 5) is 33.7. The van der Waals surface area contributed by atoms with E-state index in [9.17, 15) is 14.4 Å². The number of hydrogen-bond acceptors (Lipinski definition) is 6. The van der Waals surface area contributed by atoms with E-state index in [1.165, 1.54) is 0 Å². The molecule has 0 bridgehead atoms. The summed E-state index contributed by atoms with van der Waals surface area (Å²) in [6, 6.07) is 0. The molecular formula is C13H22N2O6. The van der Waals surface area contributed by atoms with E-state index in [2.05, 4.69) is 5.32 Å². The Labute approximate surface area is 123 Å². The number of aliphatic hydroxyl groups is 2. The van der Waals surface area contributed by atoms with E-state index in [1.807, 2.05) is 0 Å². The Bertz CT molecular complexity index is 417. The van der Waals surface area contributed by atoms with Crippen molar-refractivity contribution < 1.29 is 29.3 Å². The van der Waals surface area contributed by atoms with Crippen LogP contribution in [0.1, 0.15) is 33.6 Å². The first-order chi connectivity index (χ1) is 9.58. The number of nitrogens with zero attached hydrogens (tertiary/aromatic N) is 1. The second-order valence-electron chi connectivity index (χ2n) is 6.00. The van der Waals surface area contributed by atoms with Gasteiger partial charge in [0.15, 0.2) is 0 Å². The number of nitrogens with one attached hydrogen (secondary N) is 1. The van der Waals surface area contributed by atoms with Crippen molar-refractivity contribution in [2.75, 3.05) is 13.1 Å². The topological polar surface area (TPSA) is 116 Å². The zero-order valence-corrected chi connectivity index (χ0v) is 12.5. The second kappa shape index (κ2) is 6.86. The fourth-order valence-electron chi connectivity index (χ4n) is 1.77. The highest BCUT2D eigenvalue weighted by atomic mass is 16.6. The third-order valence-electron chi connectivity index (χ3n) is 2.67. The summed E-state index contributed by atoms with van der Waals surface area (Å²) in [6.45, 7) is 5.64. The van der Waals surface area contributed by atoms with E-state index in [0.717, 1.165) is 4.90 Å². The number of ether oxygens (including phenoxy) is 1. The SMILES string of the molecule is CC(C)(C)OC(=O)N1CC(O)CC1=O.O=C1CC(O)CN1. The van der Waals surface area contributed by atoms with Crippen LogP contribution in [0.4, 0.5) is 4.79 Å². The van der Waals surface area contributed by atoms with Crippen molar-refractivity contribution in [2.24, 2.45) is 0 Å². The van der Waals surface area contributed by atoms with Crippen LogP contribution in [0.5, 0.6) is 0 Å². The molecule has 2 heterocycles. The molecule has 3 amide bonds. The number of amides is 3. The number of hydrogen-bond donors (Lipinski definition) is 3. The summed E-state index contributed by atoms with van der Waals surface area (Å²) in [7, 11) is 0. The predicted octanol–water partition coefficient (Wildman–Crippen LogP) is -0.618. The van der Waals surface area contributed by atoms with E-state index in [1.54, 1.807) is 20.8 Å². The smallest absolute Gasteiger partial charge is 0.417 e. The van der Waals surface area contributed by atoms with Crippen LogP contribution in [-0.2, 0) is 14.3 Å². The normalized spacial score (nSPS) is 25.3. The molecule has 21 heavy (non-hydrogen) atoms. The van der Waals surface area contributed by atoms with Gasteiger partial charge in [0, 0.05) is 6.54 Å². The number of carbonyl (C=O) groups is 3. The van der Waals surface area contributed by atoms with Crippen molar-refractivity contribution in [1.29, 1.82) is 0 Å². The van der Waals surface area contributed by atoms with Crippen LogP contribution in [0.25, 0.3) is 0 Å². The molecule has 8 heteroatoms. The number of rotatable bonds is 0. The molecule has 2 aliphatic rings. The Morgan fingerprint density at radius 2 is 1.86 bits per heavy atom. The van der Waals surface area contributed by atoms with E-state index in [-0.39, 0.29) is 31.2 Å². The highest BCUT2D eigenvalue weighted by molar-refractivity contribution is 5.94. The molecule has 0 saturated carbocycles. The standard InChI is InChI=1S/C9H15NO4.C4H7NO2/c1-9(2,3)14-8(13)10-5-6(11)4-7(10)12;6-3-1-4(7)5-2-3/h6,11H,4-5H2,1-3H3;3,6H,1-2H2,(H,5,7). The number of β-amino-alcohol motifs (C(OH)–C–C–N with tert-alkyl or cyclic N) is 2. The molecule has 0 aliphatic carbocycles. The number of imide groups is 1. The van der Waals surface area contributed by atoms with Crippen LogP contribution in [0, 0.1) is 0 Å². The minimum atomic E-state index is -0.755. The number of likely N-dealkylation sites (tertiary alicyclic amines) is 1. The molecule has 3 N–H and O–H groups in total. The first-order valence-electron chi connectivity index (χ1n) is 6.74. The molecular weight excluding hydrogens is 280 g/mol. The molecule has 2 aliphatic heterocycles. The first kappa shape index (κ1) is 17.4. The van der Waals surface area contributed by atoms with Crippen LogP contribution in [-0.4, -0.2) is 63.9 Å². The molecule has 0 aromatic carbocycles. The maximum absolute atomic E-state index is 11.4. The van der Waals surface area contributed by atoms with Crippen molar-refractivity contribution in [3.8, 4) is 0 Å². The fraction of sp³-hybridized carbons (Fsp3) is 0.769. The average molecular weight is 302 g/mol. The van der Waals surface area contributed by atoms with Gasteiger partial charge in [-0.3, -0.25) is 9.59 Å². The molecule has 8 nitrogen and oxygen atoms in total. The summed E-state index contributed by atoms with van der Waals surface area (Å²) in [5.74, 6) is -0.431. The molecule has 120 valence electrons. The Kier molecular flexibility index (Phi) is 5.68. The highest BCUT2D eigenvalue weighted by Gasteiger charge is 2.35. The Balaban J connectivity index is 0.000000262. The molecule has 2 unspecified atom stereocenters. The van der Waals surface area contributed by atoms with Crippen LogP contribution in [0.3, 0.4) is 0 Å². The summed E-state index contributed by atoms with van der Waals surface area (Å²) in [6.07, 6.45) is -1.60. The summed E-state index contributed by atoms with van der Waals surface area (Å²) < 4.78 is 5.00. The van der Waals surface area contributed by atoms with Gasteiger partial charge in [0.2, 0.25) is 11.8 Å². The molecule has 0 spiro atoms. The molecule has 0 aromatic heterocycles. The van der Waals surface area contributed by atoms with Gasteiger partial charge in [-0.25, -0.2) is 9.69 Å². The maximum Gasteiger partial charge on any atom is 0.417 e. The third-order valence-corrected chi connectivity index (χ3v) is 2.67. The van der Waals surface area contributed by atoms with E-state index >= 15 is 0 Å². The second-order valence-corrected chi connectivity index (χ2v) is 6.00. The van der Waals surface area contributed by atoms with E-state index in [4.69, 9.17) is 14.9 Å². The molecule has 0 radical (unpaired) electrons. The minimum absolute atomic E-state index is 0.000751. The molecule has 2 rings (SSSR count).